The van der Waals surface area contributed by atoms with E-state index in [9.17, 15) is 9.90 Å². The van der Waals surface area contributed by atoms with E-state index >= 15 is 0 Å². The number of nitrogens with two attached hydrogens (primary N) is 1. The number of urea groups is 1. The van der Waals surface area contributed by atoms with Gasteiger partial charge in [0.25, 0.3) is 0 Å². The van der Waals surface area contributed by atoms with Gasteiger partial charge in [-0.05, 0) is 55.3 Å². The van der Waals surface area contributed by atoms with Crippen molar-refractivity contribution in [2.24, 2.45) is 5.73 Å². The first kappa shape index (κ1) is 14.7. The Balaban J connectivity index is 1.91. The van der Waals surface area contributed by atoms with Gasteiger partial charge in [0.15, 0.2) is 0 Å². The van der Waals surface area contributed by atoms with Crippen LogP contribution in [0.5, 0.6) is 5.75 Å². The lowest BCUT2D eigenvalue weighted by molar-refractivity contribution is 0.259. The molecule has 0 aliphatic heterocycles. The predicted molar refractivity (Wildman–Crippen MR) is 84.5 cm³/mol. The summed E-state index contributed by atoms with van der Waals surface area (Å²) in [6.07, 6.45) is 0.849. The minimum Gasteiger partial charge on any atom is -0.508 e. The molecule has 0 saturated carbocycles. The Hall–Kier alpha value is -2.69. The Bertz CT molecular complexity index is 594. The quantitative estimate of drug-likeness (QED) is 0.681. The molecule has 0 saturated heterocycles. The van der Waals surface area contributed by atoms with Crippen molar-refractivity contribution < 1.29 is 9.90 Å². The van der Waals surface area contributed by atoms with Crippen LogP contribution in [-0.2, 0) is 6.42 Å². The Morgan fingerprint density at radius 2 is 1.67 bits per heavy atom. The molecule has 110 valence electrons. The first-order chi connectivity index (χ1) is 10.0. The van der Waals surface area contributed by atoms with Crippen molar-refractivity contribution in [1.29, 1.82) is 0 Å². The topological polar surface area (TPSA) is 87.4 Å². The predicted octanol–water partition coefficient (Wildman–Crippen LogP) is 2.93. The van der Waals surface area contributed by atoms with Crippen LogP contribution in [0.15, 0.2) is 48.5 Å². The summed E-state index contributed by atoms with van der Waals surface area (Å²) in [6.45, 7) is 2.09. The number of benzene rings is 2. The molecule has 21 heavy (non-hydrogen) atoms. The average Bonchev–Trinajstić information content (AvgIpc) is 2.43. The second-order valence-electron chi connectivity index (χ2n) is 4.98. The number of phenols is 1. The van der Waals surface area contributed by atoms with E-state index in [4.69, 9.17) is 5.73 Å². The molecule has 0 bridgehead atoms. The zero-order valence-corrected chi connectivity index (χ0v) is 11.8. The van der Waals surface area contributed by atoms with E-state index in [1.807, 2.05) is 24.3 Å². The molecule has 0 fully saturated rings. The second kappa shape index (κ2) is 6.65. The highest BCUT2D eigenvalue weighted by molar-refractivity contribution is 5.87. The number of anilines is 2. The van der Waals surface area contributed by atoms with Crippen LogP contribution < -0.4 is 16.4 Å². The number of primary amides is 1. The fourth-order valence-electron chi connectivity index (χ4n) is 2.11. The molecule has 2 aromatic carbocycles. The molecule has 1 unspecified atom stereocenters. The molecule has 1 atom stereocenters. The lowest BCUT2D eigenvalue weighted by Gasteiger charge is -2.16. The smallest absolute Gasteiger partial charge is 0.316 e. The van der Waals surface area contributed by atoms with Gasteiger partial charge in [-0.3, -0.25) is 0 Å². The van der Waals surface area contributed by atoms with E-state index in [1.54, 1.807) is 24.3 Å². The molecule has 0 aliphatic rings. The van der Waals surface area contributed by atoms with E-state index in [1.165, 1.54) is 0 Å². The zero-order chi connectivity index (χ0) is 15.2. The molecule has 2 aromatic rings. The Morgan fingerprint density at radius 1 is 1.10 bits per heavy atom. The number of nitrogens with one attached hydrogen (secondary N) is 2. The van der Waals surface area contributed by atoms with Gasteiger partial charge in [0.05, 0.1) is 0 Å². The van der Waals surface area contributed by atoms with Gasteiger partial charge in [0, 0.05) is 17.4 Å². The maximum absolute atomic E-state index is 10.7. The Kier molecular flexibility index (Phi) is 4.66. The maximum Gasteiger partial charge on any atom is 0.316 e. The second-order valence-corrected chi connectivity index (χ2v) is 4.98. The van der Waals surface area contributed by atoms with E-state index in [-0.39, 0.29) is 11.8 Å². The van der Waals surface area contributed by atoms with Crippen LogP contribution >= 0.6 is 0 Å². The molecule has 5 nitrogen and oxygen atoms in total. The minimum atomic E-state index is -0.573. The number of phenolic OH excluding ortho intramolecular Hbond substituents is 1. The van der Waals surface area contributed by atoms with Gasteiger partial charge in [0.2, 0.25) is 0 Å². The van der Waals surface area contributed by atoms with E-state index < -0.39 is 6.03 Å². The van der Waals surface area contributed by atoms with Crippen molar-refractivity contribution >= 4 is 17.4 Å². The van der Waals surface area contributed by atoms with Crippen LogP contribution in [-0.4, -0.2) is 17.2 Å². The average molecular weight is 285 g/mol. The summed E-state index contributed by atoms with van der Waals surface area (Å²) in [7, 11) is 0. The molecule has 0 aliphatic carbocycles. The molecule has 5 N–H and O–H groups in total. The van der Waals surface area contributed by atoms with Crippen LogP contribution in [0.3, 0.4) is 0 Å². The summed E-state index contributed by atoms with van der Waals surface area (Å²) >= 11 is 0. The van der Waals surface area contributed by atoms with Gasteiger partial charge in [-0.15, -0.1) is 0 Å². The van der Waals surface area contributed by atoms with Crippen molar-refractivity contribution in [3.63, 3.8) is 0 Å². The normalized spacial score (nSPS) is 11.7. The highest BCUT2D eigenvalue weighted by atomic mass is 16.3. The maximum atomic E-state index is 10.7. The number of carbonyl (C=O) groups is 1. The van der Waals surface area contributed by atoms with Crippen molar-refractivity contribution in [1.82, 2.24) is 0 Å². The van der Waals surface area contributed by atoms with Crippen molar-refractivity contribution in [3.8, 4) is 5.75 Å². The van der Waals surface area contributed by atoms with Crippen molar-refractivity contribution in [3.05, 3.63) is 54.1 Å². The summed E-state index contributed by atoms with van der Waals surface area (Å²) in [4.78, 5) is 10.7. The molecular formula is C16H19N3O2. The van der Waals surface area contributed by atoms with E-state index in [2.05, 4.69) is 17.6 Å². The standard InChI is InChI=1S/C16H19N3O2/c1-11(10-12-2-8-15(20)9-3-12)18-13-4-6-14(7-5-13)19-16(17)21/h2-9,11,18,20H,10H2,1H3,(H3,17,19,21). The number of hydrogen-bond donors (Lipinski definition) is 4. The van der Waals surface area contributed by atoms with Gasteiger partial charge in [-0.2, -0.15) is 0 Å². The Morgan fingerprint density at radius 3 is 2.24 bits per heavy atom. The number of rotatable bonds is 5. The van der Waals surface area contributed by atoms with Gasteiger partial charge in [-0.1, -0.05) is 12.1 Å². The third kappa shape index (κ3) is 4.72. The van der Waals surface area contributed by atoms with Crippen LogP contribution in [0.25, 0.3) is 0 Å². The molecule has 2 amide bonds. The molecular weight excluding hydrogens is 266 g/mol. The van der Waals surface area contributed by atoms with Gasteiger partial charge < -0.3 is 21.5 Å². The monoisotopic (exact) mass is 285 g/mol. The Labute approximate surface area is 123 Å². The molecule has 0 spiro atoms. The number of hydrogen-bond acceptors (Lipinski definition) is 3. The minimum absolute atomic E-state index is 0.240. The van der Waals surface area contributed by atoms with Crippen molar-refractivity contribution in [2.45, 2.75) is 19.4 Å². The number of aromatic hydroxyl groups is 1. The van der Waals surface area contributed by atoms with Crippen LogP contribution in [0.4, 0.5) is 16.2 Å². The lowest BCUT2D eigenvalue weighted by atomic mass is 10.1. The largest absolute Gasteiger partial charge is 0.508 e. The summed E-state index contributed by atoms with van der Waals surface area (Å²) < 4.78 is 0. The third-order valence-corrected chi connectivity index (χ3v) is 3.04. The zero-order valence-electron chi connectivity index (χ0n) is 11.8. The third-order valence-electron chi connectivity index (χ3n) is 3.04. The molecule has 0 radical (unpaired) electrons. The molecule has 0 aromatic heterocycles. The molecule has 5 heteroatoms. The SMILES string of the molecule is CC(Cc1ccc(O)cc1)Nc1ccc(NC(N)=O)cc1. The molecule has 2 rings (SSSR count). The summed E-state index contributed by atoms with van der Waals surface area (Å²) in [5.41, 5.74) is 7.84. The van der Waals surface area contributed by atoms with Crippen LogP contribution in [0.2, 0.25) is 0 Å². The summed E-state index contributed by atoms with van der Waals surface area (Å²) in [5, 5.41) is 15.2. The fourth-order valence-corrected chi connectivity index (χ4v) is 2.11. The summed E-state index contributed by atoms with van der Waals surface area (Å²) in [5.74, 6) is 0.275. The fraction of sp³-hybridized carbons (Fsp3) is 0.188. The van der Waals surface area contributed by atoms with Crippen LogP contribution in [0, 0.1) is 0 Å². The summed E-state index contributed by atoms with van der Waals surface area (Å²) in [6, 6.07) is 14.2. The molecule has 0 heterocycles. The van der Waals surface area contributed by atoms with Gasteiger partial charge in [0.1, 0.15) is 5.75 Å². The van der Waals surface area contributed by atoms with Gasteiger partial charge in [-0.25, -0.2) is 4.79 Å². The van der Waals surface area contributed by atoms with E-state index in [0.29, 0.717) is 5.69 Å². The number of carbonyl (C=O) groups excluding carboxylic acids is 1. The van der Waals surface area contributed by atoms with Gasteiger partial charge >= 0.3 is 6.03 Å². The number of amides is 2. The first-order valence-electron chi connectivity index (χ1n) is 6.74. The van der Waals surface area contributed by atoms with E-state index in [0.717, 1.165) is 17.7 Å². The highest BCUT2D eigenvalue weighted by Crippen LogP contribution is 2.16. The lowest BCUT2D eigenvalue weighted by Crippen LogP contribution is -2.19. The van der Waals surface area contributed by atoms with Crippen LogP contribution in [0.1, 0.15) is 12.5 Å². The van der Waals surface area contributed by atoms with Crippen molar-refractivity contribution in [2.75, 3.05) is 10.6 Å². The first-order valence-corrected chi connectivity index (χ1v) is 6.74. The highest BCUT2D eigenvalue weighted by Gasteiger charge is 2.04.